The molecule has 23 heavy (non-hydrogen) atoms. The van der Waals surface area contributed by atoms with Crippen LogP contribution in [-0.2, 0) is 0 Å². The molecule has 0 aromatic heterocycles. The Morgan fingerprint density at radius 2 is 1.65 bits per heavy atom. The molecule has 4 rings (SSSR count). The van der Waals surface area contributed by atoms with E-state index in [1.54, 1.807) is 17.8 Å². The highest BCUT2D eigenvalue weighted by atomic mass is 32.2. The highest BCUT2D eigenvalue weighted by molar-refractivity contribution is 7.99. The van der Waals surface area contributed by atoms with E-state index in [1.165, 1.54) is 17.0 Å². The van der Waals surface area contributed by atoms with Gasteiger partial charge in [0, 0.05) is 27.7 Å². The van der Waals surface area contributed by atoms with Crippen LogP contribution in [0.2, 0.25) is 0 Å². The monoisotopic (exact) mass is 318 g/mol. The first-order chi connectivity index (χ1) is 11.2. The van der Waals surface area contributed by atoms with Crippen LogP contribution < -0.4 is 0 Å². The maximum absolute atomic E-state index is 12.3. The first kappa shape index (κ1) is 14.2. The van der Waals surface area contributed by atoms with E-state index in [2.05, 4.69) is 24.3 Å². The lowest BCUT2D eigenvalue weighted by atomic mass is 9.85. The van der Waals surface area contributed by atoms with E-state index in [-0.39, 0.29) is 17.5 Å². The molecule has 0 bridgehead atoms. The van der Waals surface area contributed by atoms with Gasteiger partial charge in [0.15, 0.2) is 11.6 Å². The summed E-state index contributed by atoms with van der Waals surface area (Å²) in [4.78, 5) is 25.6. The van der Waals surface area contributed by atoms with Crippen LogP contribution in [0.25, 0.3) is 6.08 Å². The summed E-state index contributed by atoms with van der Waals surface area (Å²) in [6.45, 7) is 0. The van der Waals surface area contributed by atoms with E-state index in [0.29, 0.717) is 11.1 Å². The summed E-state index contributed by atoms with van der Waals surface area (Å²) in [6.07, 6.45) is 6.96. The second-order valence-electron chi connectivity index (χ2n) is 5.64. The Labute approximate surface area is 138 Å². The molecule has 3 heteroatoms. The number of ketones is 2. The lowest BCUT2D eigenvalue weighted by molar-refractivity contribution is 0.0993. The molecule has 0 saturated heterocycles. The van der Waals surface area contributed by atoms with Crippen molar-refractivity contribution >= 4 is 29.4 Å². The maximum atomic E-state index is 12.3. The Morgan fingerprint density at radius 3 is 2.48 bits per heavy atom. The van der Waals surface area contributed by atoms with Crippen LogP contribution >= 0.6 is 11.8 Å². The van der Waals surface area contributed by atoms with E-state index in [9.17, 15) is 9.59 Å². The molecule has 0 saturated carbocycles. The second-order valence-corrected chi connectivity index (χ2v) is 6.74. The Balaban J connectivity index is 1.68. The molecule has 2 aliphatic rings. The minimum absolute atomic E-state index is 0.0603. The quantitative estimate of drug-likeness (QED) is 0.780. The number of fused-ring (bicyclic) bond motifs is 3. The van der Waals surface area contributed by atoms with E-state index in [1.807, 2.05) is 24.3 Å². The number of rotatable bonds is 3. The Kier molecular flexibility index (Phi) is 3.50. The predicted octanol–water partition coefficient (Wildman–Crippen LogP) is 4.52. The van der Waals surface area contributed by atoms with Gasteiger partial charge in [-0.1, -0.05) is 36.4 Å². The molecule has 0 heterocycles. The van der Waals surface area contributed by atoms with Gasteiger partial charge in [0.05, 0.1) is 0 Å². The number of thioether (sulfide) groups is 1. The molecule has 1 atom stereocenters. The third-order valence-electron chi connectivity index (χ3n) is 4.23. The smallest absolute Gasteiger partial charge is 0.187 e. The van der Waals surface area contributed by atoms with Crippen LogP contribution in [0.4, 0.5) is 0 Å². The zero-order chi connectivity index (χ0) is 15.8. The second kappa shape index (κ2) is 5.67. The van der Waals surface area contributed by atoms with Gasteiger partial charge in [-0.15, -0.1) is 11.8 Å². The normalized spacial score (nSPS) is 18.2. The van der Waals surface area contributed by atoms with Gasteiger partial charge >= 0.3 is 0 Å². The molecular weight excluding hydrogens is 304 g/mol. The predicted molar refractivity (Wildman–Crippen MR) is 93.2 cm³/mol. The fraction of sp³-hybridized carbons (Fsp3) is 0.100. The molecule has 0 N–H and O–H groups in total. The molecule has 0 aliphatic heterocycles. The Bertz CT molecular complexity index is 863. The molecule has 0 amide bonds. The van der Waals surface area contributed by atoms with Crippen molar-refractivity contribution in [2.24, 2.45) is 0 Å². The van der Waals surface area contributed by atoms with Crippen molar-refractivity contribution < 1.29 is 9.59 Å². The van der Waals surface area contributed by atoms with Crippen molar-refractivity contribution in [1.29, 1.82) is 0 Å². The molecule has 2 aromatic carbocycles. The van der Waals surface area contributed by atoms with Crippen molar-refractivity contribution in [2.75, 3.05) is 5.75 Å². The van der Waals surface area contributed by atoms with Crippen molar-refractivity contribution in [1.82, 2.24) is 0 Å². The molecule has 112 valence electrons. The van der Waals surface area contributed by atoms with Crippen LogP contribution in [0.3, 0.4) is 0 Å². The lowest BCUT2D eigenvalue weighted by Gasteiger charge is -2.18. The van der Waals surface area contributed by atoms with Gasteiger partial charge in [0.2, 0.25) is 0 Å². The van der Waals surface area contributed by atoms with E-state index in [4.69, 9.17) is 0 Å². The van der Waals surface area contributed by atoms with E-state index >= 15 is 0 Å². The Morgan fingerprint density at radius 1 is 0.870 bits per heavy atom. The van der Waals surface area contributed by atoms with E-state index in [0.717, 1.165) is 16.9 Å². The van der Waals surface area contributed by atoms with Gasteiger partial charge in [-0.2, -0.15) is 0 Å². The summed E-state index contributed by atoms with van der Waals surface area (Å²) in [7, 11) is 0. The largest absolute Gasteiger partial charge is 0.289 e. The lowest BCUT2D eigenvalue weighted by Crippen LogP contribution is -2.16. The van der Waals surface area contributed by atoms with Gasteiger partial charge in [0.25, 0.3) is 0 Å². The van der Waals surface area contributed by atoms with Crippen LogP contribution in [0.15, 0.2) is 65.6 Å². The van der Waals surface area contributed by atoms with Crippen molar-refractivity contribution in [2.45, 2.75) is 10.8 Å². The summed E-state index contributed by atoms with van der Waals surface area (Å²) < 4.78 is 0. The fourth-order valence-electron chi connectivity index (χ4n) is 3.13. The molecular formula is C20H14O2S. The third kappa shape index (κ3) is 2.47. The molecule has 0 spiro atoms. The molecule has 0 fully saturated rings. The highest BCUT2D eigenvalue weighted by Gasteiger charge is 2.29. The number of carbonyl (C=O) groups excluding carboxylic acids is 2. The maximum Gasteiger partial charge on any atom is 0.187 e. The van der Waals surface area contributed by atoms with Gasteiger partial charge in [0.1, 0.15) is 0 Å². The molecule has 1 unspecified atom stereocenters. The van der Waals surface area contributed by atoms with Crippen LogP contribution in [-0.4, -0.2) is 17.3 Å². The molecule has 0 radical (unpaired) electrons. The minimum atomic E-state index is -0.0798. The van der Waals surface area contributed by atoms with Crippen molar-refractivity contribution in [3.05, 3.63) is 82.9 Å². The number of hydrogen-bond acceptors (Lipinski definition) is 3. The Hall–Kier alpha value is -2.39. The number of carbonyl (C=O) groups is 2. The summed E-state index contributed by atoms with van der Waals surface area (Å²) in [5.41, 5.74) is 3.20. The average molecular weight is 318 g/mol. The fourth-order valence-corrected chi connectivity index (χ4v) is 4.13. The standard InChI is InChI=1S/C20H14O2S/c21-17-10-11-18(22)20-16(17)9-8-13-6-7-14(19(13)20)12-23-15-4-2-1-3-5-15/h1-11,14H,12H2. The molecule has 2 aliphatic carbocycles. The highest BCUT2D eigenvalue weighted by Crippen LogP contribution is 2.39. The zero-order valence-corrected chi connectivity index (χ0v) is 13.2. The number of benzene rings is 2. The summed E-state index contributed by atoms with van der Waals surface area (Å²) in [5, 5.41) is 0. The average Bonchev–Trinajstić information content (AvgIpc) is 3.00. The number of allylic oxidation sites excluding steroid dienone is 3. The first-order valence-electron chi connectivity index (χ1n) is 7.54. The van der Waals surface area contributed by atoms with Gasteiger partial charge in [-0.25, -0.2) is 0 Å². The van der Waals surface area contributed by atoms with Gasteiger partial charge in [-0.05, 0) is 41.5 Å². The molecule has 2 aromatic rings. The first-order valence-corrected chi connectivity index (χ1v) is 8.52. The van der Waals surface area contributed by atoms with Crippen molar-refractivity contribution in [3.63, 3.8) is 0 Å². The number of hydrogen-bond donors (Lipinski definition) is 0. The van der Waals surface area contributed by atoms with Gasteiger partial charge in [-0.3, -0.25) is 9.59 Å². The zero-order valence-electron chi connectivity index (χ0n) is 12.4. The SMILES string of the molecule is O=C1C=CC(=O)c2c1ccc1c2C(CSc2ccccc2)C=C1. The topological polar surface area (TPSA) is 34.1 Å². The van der Waals surface area contributed by atoms with E-state index < -0.39 is 0 Å². The van der Waals surface area contributed by atoms with Crippen molar-refractivity contribution in [3.8, 4) is 0 Å². The summed E-state index contributed by atoms with van der Waals surface area (Å²) in [5.74, 6) is 0.877. The van der Waals surface area contributed by atoms with Crippen LogP contribution in [0.1, 0.15) is 37.8 Å². The minimum Gasteiger partial charge on any atom is -0.289 e. The van der Waals surface area contributed by atoms with Gasteiger partial charge < -0.3 is 0 Å². The van der Waals surface area contributed by atoms with Crippen LogP contribution in [0, 0.1) is 0 Å². The molecule has 2 nitrogen and oxygen atoms in total. The third-order valence-corrected chi connectivity index (χ3v) is 5.36. The van der Waals surface area contributed by atoms with Crippen LogP contribution in [0.5, 0.6) is 0 Å². The summed E-state index contributed by atoms with van der Waals surface area (Å²) in [6, 6.07) is 13.9. The summed E-state index contributed by atoms with van der Waals surface area (Å²) >= 11 is 1.77.